The highest BCUT2D eigenvalue weighted by atomic mass is 32.2. The molecule has 1 aliphatic rings. The summed E-state index contributed by atoms with van der Waals surface area (Å²) in [7, 11) is 0.253. The van der Waals surface area contributed by atoms with E-state index in [2.05, 4.69) is 10.2 Å². The van der Waals surface area contributed by atoms with E-state index in [0.29, 0.717) is 13.1 Å². The number of nitrogens with one attached hydrogen (secondary N) is 1. The molecule has 0 unspecified atom stereocenters. The summed E-state index contributed by atoms with van der Waals surface area (Å²) in [5.41, 5.74) is 0.857. The minimum absolute atomic E-state index is 0.0644. The second-order valence-corrected chi connectivity index (χ2v) is 7.98. The van der Waals surface area contributed by atoms with E-state index in [4.69, 9.17) is 4.74 Å². The van der Waals surface area contributed by atoms with Gasteiger partial charge in [-0.2, -0.15) is 4.31 Å². The van der Waals surface area contributed by atoms with E-state index in [9.17, 15) is 13.2 Å². The molecule has 1 saturated heterocycles. The van der Waals surface area contributed by atoms with E-state index in [-0.39, 0.29) is 24.6 Å². The molecular weight excluding hydrogens is 330 g/mol. The number of carbonyl (C=O) groups is 1. The van der Waals surface area contributed by atoms with Crippen molar-refractivity contribution in [2.24, 2.45) is 0 Å². The Balaban J connectivity index is 1.75. The van der Waals surface area contributed by atoms with Crippen LogP contribution in [0.5, 0.6) is 5.75 Å². The predicted octanol–water partition coefficient (Wildman–Crippen LogP) is -0.0689. The van der Waals surface area contributed by atoms with Crippen molar-refractivity contribution in [1.82, 2.24) is 14.5 Å². The molecule has 0 atom stereocenters. The normalized spacial score (nSPS) is 16.8. The summed E-state index contributed by atoms with van der Waals surface area (Å²) < 4.78 is 31.1. The van der Waals surface area contributed by atoms with Crippen molar-refractivity contribution in [3.63, 3.8) is 0 Å². The number of nitrogens with zero attached hydrogens (tertiary/aromatic N) is 2. The quantitative estimate of drug-likeness (QED) is 0.741. The van der Waals surface area contributed by atoms with Crippen LogP contribution in [0, 0.1) is 0 Å². The van der Waals surface area contributed by atoms with Crippen LogP contribution in [0.25, 0.3) is 0 Å². The van der Waals surface area contributed by atoms with Gasteiger partial charge >= 0.3 is 0 Å². The monoisotopic (exact) mass is 355 g/mol. The molecule has 1 N–H and O–H groups in total. The molecule has 1 amide bonds. The van der Waals surface area contributed by atoms with Gasteiger partial charge in [-0.05, 0) is 24.7 Å². The lowest BCUT2D eigenvalue weighted by Gasteiger charge is -2.31. The van der Waals surface area contributed by atoms with Gasteiger partial charge in [0, 0.05) is 32.7 Å². The lowest BCUT2D eigenvalue weighted by molar-refractivity contribution is -0.120. The van der Waals surface area contributed by atoms with Crippen molar-refractivity contribution in [1.29, 1.82) is 0 Å². The zero-order valence-corrected chi connectivity index (χ0v) is 15.0. The summed E-state index contributed by atoms with van der Waals surface area (Å²) in [4.78, 5) is 14.0. The van der Waals surface area contributed by atoms with Crippen LogP contribution in [0.2, 0.25) is 0 Å². The summed E-state index contributed by atoms with van der Waals surface area (Å²) >= 11 is 0. The van der Waals surface area contributed by atoms with Crippen LogP contribution in [0.3, 0.4) is 0 Å². The van der Waals surface area contributed by atoms with Gasteiger partial charge in [0.2, 0.25) is 15.9 Å². The van der Waals surface area contributed by atoms with Crippen molar-refractivity contribution in [2.45, 2.75) is 6.42 Å². The van der Waals surface area contributed by atoms with Crippen LogP contribution in [0.15, 0.2) is 24.3 Å². The molecule has 1 heterocycles. The zero-order valence-electron chi connectivity index (χ0n) is 14.2. The van der Waals surface area contributed by atoms with Gasteiger partial charge in [0.1, 0.15) is 5.75 Å². The SMILES string of the molecule is COc1ccc(CC(=O)NCCS(=O)(=O)N2CCN(C)CC2)cc1. The average molecular weight is 355 g/mol. The van der Waals surface area contributed by atoms with Crippen molar-refractivity contribution < 1.29 is 17.9 Å². The number of benzene rings is 1. The molecule has 0 saturated carbocycles. The van der Waals surface area contributed by atoms with Crippen LogP contribution in [0.4, 0.5) is 0 Å². The number of likely N-dealkylation sites (N-methyl/N-ethyl adjacent to an activating group) is 1. The number of piperazine rings is 1. The van der Waals surface area contributed by atoms with Crippen molar-refractivity contribution in [3.05, 3.63) is 29.8 Å². The molecular formula is C16H25N3O4S. The fourth-order valence-corrected chi connectivity index (χ4v) is 3.84. The molecule has 1 aromatic rings. The number of carbonyl (C=O) groups excluding carboxylic acids is 1. The maximum atomic E-state index is 12.2. The standard InChI is InChI=1S/C16H25N3O4S/c1-18-8-10-19(11-9-18)24(21,22)12-7-17-16(20)13-14-3-5-15(23-2)6-4-14/h3-6H,7-13H2,1-2H3,(H,17,20). The van der Waals surface area contributed by atoms with Crippen molar-refractivity contribution in [3.8, 4) is 5.75 Å². The molecule has 0 aromatic heterocycles. The molecule has 2 rings (SSSR count). The van der Waals surface area contributed by atoms with Crippen LogP contribution in [-0.4, -0.2) is 76.2 Å². The molecule has 0 aliphatic carbocycles. The Morgan fingerprint density at radius 2 is 1.79 bits per heavy atom. The third kappa shape index (κ3) is 5.47. The van der Waals surface area contributed by atoms with E-state index >= 15 is 0 Å². The number of sulfonamides is 1. The Labute approximate surface area is 143 Å². The number of rotatable bonds is 7. The Hall–Kier alpha value is -1.64. The molecule has 1 fully saturated rings. The summed E-state index contributed by atoms with van der Waals surface area (Å²) in [5.74, 6) is 0.483. The second-order valence-electron chi connectivity index (χ2n) is 5.89. The van der Waals surface area contributed by atoms with Gasteiger partial charge < -0.3 is 15.0 Å². The van der Waals surface area contributed by atoms with Gasteiger partial charge in [-0.25, -0.2) is 8.42 Å². The third-order valence-electron chi connectivity index (χ3n) is 4.06. The molecule has 24 heavy (non-hydrogen) atoms. The highest BCUT2D eigenvalue weighted by Gasteiger charge is 2.25. The van der Waals surface area contributed by atoms with Crippen LogP contribution >= 0.6 is 0 Å². The summed E-state index contributed by atoms with van der Waals surface area (Å²) in [6.45, 7) is 2.63. The van der Waals surface area contributed by atoms with Crippen LogP contribution < -0.4 is 10.1 Å². The molecule has 0 spiro atoms. The first kappa shape index (κ1) is 18.7. The molecule has 7 nitrogen and oxygen atoms in total. The second kappa shape index (κ2) is 8.46. The van der Waals surface area contributed by atoms with Crippen LogP contribution in [-0.2, 0) is 21.2 Å². The number of methoxy groups -OCH3 is 1. The molecule has 0 bridgehead atoms. The maximum Gasteiger partial charge on any atom is 0.224 e. The van der Waals surface area contributed by atoms with E-state index in [0.717, 1.165) is 24.4 Å². The molecule has 1 aliphatic heterocycles. The summed E-state index contributed by atoms with van der Waals surface area (Å²) in [5, 5.41) is 2.68. The molecule has 1 aromatic carbocycles. The van der Waals surface area contributed by atoms with Gasteiger partial charge in [0.25, 0.3) is 0 Å². The fraction of sp³-hybridized carbons (Fsp3) is 0.562. The summed E-state index contributed by atoms with van der Waals surface area (Å²) in [6.07, 6.45) is 0.221. The molecule has 134 valence electrons. The molecule has 8 heteroatoms. The van der Waals surface area contributed by atoms with E-state index in [1.54, 1.807) is 19.2 Å². The maximum absolute atomic E-state index is 12.2. The van der Waals surface area contributed by atoms with Gasteiger partial charge in [0.05, 0.1) is 19.3 Å². The van der Waals surface area contributed by atoms with Gasteiger partial charge in [-0.15, -0.1) is 0 Å². The Kier molecular flexibility index (Phi) is 6.59. The van der Waals surface area contributed by atoms with E-state index < -0.39 is 10.0 Å². The Morgan fingerprint density at radius 3 is 2.38 bits per heavy atom. The third-order valence-corrected chi connectivity index (χ3v) is 5.93. The first-order valence-corrected chi connectivity index (χ1v) is 9.57. The van der Waals surface area contributed by atoms with Crippen molar-refractivity contribution in [2.75, 3.05) is 52.6 Å². The van der Waals surface area contributed by atoms with E-state index in [1.807, 2.05) is 19.2 Å². The predicted molar refractivity (Wildman–Crippen MR) is 92.6 cm³/mol. The fourth-order valence-electron chi connectivity index (χ4n) is 2.51. The number of hydrogen-bond acceptors (Lipinski definition) is 5. The first-order valence-electron chi connectivity index (χ1n) is 7.97. The number of amides is 1. The van der Waals surface area contributed by atoms with Crippen molar-refractivity contribution >= 4 is 15.9 Å². The zero-order chi connectivity index (χ0) is 17.6. The summed E-state index contributed by atoms with van der Waals surface area (Å²) in [6, 6.07) is 7.22. The lowest BCUT2D eigenvalue weighted by atomic mass is 10.1. The van der Waals surface area contributed by atoms with Gasteiger partial charge in [-0.1, -0.05) is 12.1 Å². The Bertz CT molecular complexity index is 638. The molecule has 0 radical (unpaired) electrons. The van der Waals surface area contributed by atoms with Gasteiger partial charge in [-0.3, -0.25) is 4.79 Å². The smallest absolute Gasteiger partial charge is 0.224 e. The largest absolute Gasteiger partial charge is 0.497 e. The Morgan fingerprint density at radius 1 is 1.17 bits per heavy atom. The lowest BCUT2D eigenvalue weighted by Crippen LogP contribution is -2.48. The highest BCUT2D eigenvalue weighted by molar-refractivity contribution is 7.89. The minimum atomic E-state index is -3.31. The van der Waals surface area contributed by atoms with E-state index in [1.165, 1.54) is 4.31 Å². The topological polar surface area (TPSA) is 78.9 Å². The average Bonchev–Trinajstić information content (AvgIpc) is 2.56. The number of hydrogen-bond donors (Lipinski definition) is 1. The van der Waals surface area contributed by atoms with Crippen LogP contribution in [0.1, 0.15) is 5.56 Å². The minimum Gasteiger partial charge on any atom is -0.497 e. The first-order chi connectivity index (χ1) is 11.4. The highest BCUT2D eigenvalue weighted by Crippen LogP contribution is 2.11. The number of ether oxygens (including phenoxy) is 1. The van der Waals surface area contributed by atoms with Gasteiger partial charge in [0.15, 0.2) is 0 Å².